The molecule has 1 heterocycles. The van der Waals surface area contributed by atoms with Crippen molar-refractivity contribution in [1.82, 2.24) is 9.71 Å². The molecule has 0 aromatic carbocycles. The molecular formula is C12H21N3O3S. The summed E-state index contributed by atoms with van der Waals surface area (Å²) in [5.74, 6) is 0.672. The van der Waals surface area contributed by atoms with E-state index in [1.165, 1.54) is 19.4 Å². The van der Waals surface area contributed by atoms with Crippen LogP contribution in [-0.4, -0.2) is 39.7 Å². The van der Waals surface area contributed by atoms with Gasteiger partial charge in [-0.2, -0.15) is 0 Å². The molecule has 2 N–H and O–H groups in total. The second-order valence-electron chi connectivity index (χ2n) is 4.28. The minimum absolute atomic E-state index is 0.150. The number of pyridine rings is 1. The Labute approximate surface area is 114 Å². The topological polar surface area (TPSA) is 80.3 Å². The molecule has 1 rings (SSSR count). The smallest absolute Gasteiger partial charge is 0.242 e. The molecule has 7 heteroatoms. The molecule has 0 amide bonds. The van der Waals surface area contributed by atoms with Crippen LogP contribution in [0, 0.1) is 0 Å². The maximum Gasteiger partial charge on any atom is 0.242 e. The average Bonchev–Trinajstić information content (AvgIpc) is 2.36. The summed E-state index contributed by atoms with van der Waals surface area (Å²) in [7, 11) is -2.01. The van der Waals surface area contributed by atoms with Gasteiger partial charge in [-0.05, 0) is 25.5 Å². The van der Waals surface area contributed by atoms with E-state index in [-0.39, 0.29) is 10.9 Å². The third-order valence-electron chi connectivity index (χ3n) is 2.38. The van der Waals surface area contributed by atoms with E-state index in [4.69, 9.17) is 4.74 Å². The zero-order chi connectivity index (χ0) is 14.3. The van der Waals surface area contributed by atoms with Gasteiger partial charge in [0.05, 0.1) is 6.61 Å². The fourth-order valence-corrected chi connectivity index (χ4v) is 2.69. The zero-order valence-electron chi connectivity index (χ0n) is 11.5. The van der Waals surface area contributed by atoms with E-state index in [9.17, 15) is 8.42 Å². The van der Waals surface area contributed by atoms with E-state index >= 15 is 0 Å². The number of anilines is 1. The van der Waals surface area contributed by atoms with Crippen LogP contribution < -0.4 is 10.0 Å². The molecule has 0 saturated carbocycles. The van der Waals surface area contributed by atoms with Crippen molar-refractivity contribution in [2.24, 2.45) is 0 Å². The molecule has 6 nitrogen and oxygen atoms in total. The first-order valence-corrected chi connectivity index (χ1v) is 7.69. The van der Waals surface area contributed by atoms with Gasteiger partial charge in [-0.25, -0.2) is 18.1 Å². The molecule has 0 spiro atoms. The van der Waals surface area contributed by atoms with Crippen LogP contribution in [0.15, 0.2) is 23.2 Å². The van der Waals surface area contributed by atoms with Gasteiger partial charge in [-0.1, -0.05) is 6.92 Å². The summed E-state index contributed by atoms with van der Waals surface area (Å²) >= 11 is 0. The normalized spacial score (nSPS) is 13.2. The highest BCUT2D eigenvalue weighted by molar-refractivity contribution is 7.89. The number of methoxy groups -OCH3 is 1. The summed E-state index contributed by atoms with van der Waals surface area (Å²) < 4.78 is 31.5. The van der Waals surface area contributed by atoms with Crippen LogP contribution in [-0.2, 0) is 14.8 Å². The fourth-order valence-electron chi connectivity index (χ4n) is 1.51. The molecule has 0 radical (unpaired) electrons. The zero-order valence-corrected chi connectivity index (χ0v) is 12.3. The third-order valence-corrected chi connectivity index (χ3v) is 3.95. The van der Waals surface area contributed by atoms with E-state index in [0.29, 0.717) is 12.4 Å². The molecule has 0 bridgehead atoms. The highest BCUT2D eigenvalue weighted by Gasteiger charge is 2.17. The van der Waals surface area contributed by atoms with Crippen molar-refractivity contribution in [3.63, 3.8) is 0 Å². The Bertz CT molecular complexity index is 473. The summed E-state index contributed by atoms with van der Waals surface area (Å²) in [6.45, 7) is 4.92. The maximum atomic E-state index is 12.0. The predicted octanol–water partition coefficient (Wildman–Crippen LogP) is 1.22. The molecule has 0 aliphatic heterocycles. The van der Waals surface area contributed by atoms with Crippen molar-refractivity contribution in [2.75, 3.05) is 25.6 Å². The molecule has 1 unspecified atom stereocenters. The van der Waals surface area contributed by atoms with Crippen molar-refractivity contribution in [3.05, 3.63) is 18.3 Å². The van der Waals surface area contributed by atoms with Crippen molar-refractivity contribution in [3.8, 4) is 0 Å². The SMILES string of the molecule is CCCNc1ccc(S(=O)(=O)NC(C)COC)cn1. The van der Waals surface area contributed by atoms with Crippen molar-refractivity contribution in [1.29, 1.82) is 0 Å². The number of ether oxygens (including phenoxy) is 1. The van der Waals surface area contributed by atoms with Crippen LogP contribution in [0.2, 0.25) is 0 Å². The Morgan fingerprint density at radius 3 is 2.68 bits per heavy atom. The van der Waals surface area contributed by atoms with Crippen LogP contribution in [0.25, 0.3) is 0 Å². The van der Waals surface area contributed by atoms with E-state index in [0.717, 1.165) is 13.0 Å². The predicted molar refractivity (Wildman–Crippen MR) is 74.7 cm³/mol. The monoisotopic (exact) mass is 287 g/mol. The number of hydrogen-bond donors (Lipinski definition) is 2. The van der Waals surface area contributed by atoms with Crippen LogP contribution in [0.3, 0.4) is 0 Å². The van der Waals surface area contributed by atoms with Gasteiger partial charge in [0, 0.05) is 25.9 Å². The molecule has 1 aromatic heterocycles. The van der Waals surface area contributed by atoms with E-state index in [1.807, 2.05) is 6.92 Å². The number of rotatable bonds is 8. The first-order valence-electron chi connectivity index (χ1n) is 6.20. The van der Waals surface area contributed by atoms with Crippen LogP contribution in [0.4, 0.5) is 5.82 Å². The lowest BCUT2D eigenvalue weighted by Gasteiger charge is -2.13. The van der Waals surface area contributed by atoms with Crippen LogP contribution in [0.5, 0.6) is 0 Å². The van der Waals surface area contributed by atoms with Crippen molar-refractivity contribution < 1.29 is 13.2 Å². The van der Waals surface area contributed by atoms with Gasteiger partial charge in [0.2, 0.25) is 10.0 Å². The van der Waals surface area contributed by atoms with Crippen LogP contribution >= 0.6 is 0 Å². The summed E-state index contributed by atoms with van der Waals surface area (Å²) in [6, 6.07) is 2.91. The molecule has 108 valence electrons. The lowest BCUT2D eigenvalue weighted by Crippen LogP contribution is -2.35. The molecule has 0 fully saturated rings. The summed E-state index contributed by atoms with van der Waals surface area (Å²) in [5.41, 5.74) is 0. The number of nitrogens with one attached hydrogen (secondary N) is 2. The van der Waals surface area contributed by atoms with Crippen LogP contribution in [0.1, 0.15) is 20.3 Å². The number of hydrogen-bond acceptors (Lipinski definition) is 5. The summed E-state index contributed by atoms with van der Waals surface area (Å²) in [6.07, 6.45) is 2.33. The molecule has 0 saturated heterocycles. The molecular weight excluding hydrogens is 266 g/mol. The quantitative estimate of drug-likeness (QED) is 0.751. The largest absolute Gasteiger partial charge is 0.383 e. The minimum Gasteiger partial charge on any atom is -0.383 e. The van der Waals surface area contributed by atoms with Gasteiger partial charge in [0.1, 0.15) is 10.7 Å². The van der Waals surface area contributed by atoms with Gasteiger partial charge in [0.15, 0.2) is 0 Å². The number of aromatic nitrogens is 1. The molecule has 0 aliphatic rings. The average molecular weight is 287 g/mol. The van der Waals surface area contributed by atoms with Gasteiger partial charge in [0.25, 0.3) is 0 Å². The Morgan fingerprint density at radius 2 is 2.16 bits per heavy atom. The van der Waals surface area contributed by atoms with E-state index in [2.05, 4.69) is 15.0 Å². The Hall–Kier alpha value is -1.18. The number of sulfonamides is 1. The molecule has 19 heavy (non-hydrogen) atoms. The maximum absolute atomic E-state index is 12.0. The first kappa shape index (κ1) is 15.9. The molecule has 1 atom stereocenters. The van der Waals surface area contributed by atoms with Gasteiger partial charge >= 0.3 is 0 Å². The van der Waals surface area contributed by atoms with Gasteiger partial charge in [-0.3, -0.25) is 0 Å². The Morgan fingerprint density at radius 1 is 1.42 bits per heavy atom. The molecule has 0 aliphatic carbocycles. The van der Waals surface area contributed by atoms with E-state index < -0.39 is 10.0 Å². The van der Waals surface area contributed by atoms with Crippen molar-refractivity contribution >= 4 is 15.8 Å². The first-order chi connectivity index (χ1) is 8.99. The minimum atomic E-state index is -3.54. The van der Waals surface area contributed by atoms with E-state index in [1.54, 1.807) is 13.0 Å². The number of nitrogens with zero attached hydrogens (tertiary/aromatic N) is 1. The molecule has 1 aromatic rings. The highest BCUT2D eigenvalue weighted by Crippen LogP contribution is 2.11. The second-order valence-corrected chi connectivity index (χ2v) is 6.00. The fraction of sp³-hybridized carbons (Fsp3) is 0.583. The summed E-state index contributed by atoms with van der Waals surface area (Å²) in [4.78, 5) is 4.22. The van der Waals surface area contributed by atoms with Gasteiger partial charge < -0.3 is 10.1 Å². The van der Waals surface area contributed by atoms with Crippen molar-refractivity contribution in [2.45, 2.75) is 31.2 Å². The Balaban J connectivity index is 2.73. The Kier molecular flexibility index (Phi) is 6.20. The third kappa shape index (κ3) is 5.14. The lowest BCUT2D eigenvalue weighted by atomic mass is 10.4. The standard InChI is InChI=1S/C12H21N3O3S/c1-4-7-13-12-6-5-11(8-14-12)19(16,17)15-10(2)9-18-3/h5-6,8,10,15H,4,7,9H2,1-3H3,(H,13,14). The van der Waals surface area contributed by atoms with Gasteiger partial charge in [-0.15, -0.1) is 0 Å². The summed E-state index contributed by atoms with van der Waals surface area (Å²) in [5, 5.41) is 3.09. The highest BCUT2D eigenvalue weighted by atomic mass is 32.2. The lowest BCUT2D eigenvalue weighted by molar-refractivity contribution is 0.180. The second kappa shape index (κ2) is 7.42.